The van der Waals surface area contributed by atoms with E-state index in [1.54, 1.807) is 7.11 Å². The van der Waals surface area contributed by atoms with Gasteiger partial charge in [0.05, 0.1) is 25.0 Å². The van der Waals surface area contributed by atoms with Crippen molar-refractivity contribution in [3.63, 3.8) is 0 Å². The molecule has 94 valence electrons. The predicted octanol–water partition coefficient (Wildman–Crippen LogP) is 3.49. The minimum atomic E-state index is 0.744. The second-order valence-electron chi connectivity index (χ2n) is 4.00. The summed E-state index contributed by atoms with van der Waals surface area (Å²) in [5, 5.41) is 0. The van der Waals surface area contributed by atoms with E-state index in [2.05, 4.69) is 25.8 Å². The molecule has 0 aliphatic carbocycles. The van der Waals surface area contributed by atoms with Gasteiger partial charge < -0.3 is 9.64 Å². The molecule has 0 fully saturated rings. The molecule has 2 rings (SSSR count). The zero-order chi connectivity index (χ0) is 13.0. The van der Waals surface area contributed by atoms with Crippen LogP contribution in [0.25, 0.3) is 0 Å². The number of methoxy groups -OCH3 is 1. The van der Waals surface area contributed by atoms with Crippen molar-refractivity contribution in [3.8, 4) is 5.75 Å². The summed E-state index contributed by atoms with van der Waals surface area (Å²) in [7, 11) is 3.71. The Bertz CT molecular complexity index is 513. The van der Waals surface area contributed by atoms with Crippen molar-refractivity contribution < 1.29 is 4.74 Å². The molecule has 0 radical (unpaired) electrons. The number of para-hydroxylation sites is 2. The van der Waals surface area contributed by atoms with Gasteiger partial charge in [-0.15, -0.1) is 0 Å². The first-order chi connectivity index (χ1) is 8.70. The molecule has 4 heteroatoms. The van der Waals surface area contributed by atoms with Crippen LogP contribution in [0.5, 0.6) is 5.75 Å². The first kappa shape index (κ1) is 12.9. The largest absolute Gasteiger partial charge is 0.495 e. The van der Waals surface area contributed by atoms with Crippen LogP contribution in [0.4, 0.5) is 5.69 Å². The fraction of sp³-hybridized carbons (Fsp3) is 0.214. The highest BCUT2D eigenvalue weighted by molar-refractivity contribution is 9.10. The number of nitrogens with zero attached hydrogens (tertiary/aromatic N) is 2. The zero-order valence-electron chi connectivity index (χ0n) is 10.4. The average molecular weight is 307 g/mol. The molecule has 0 atom stereocenters. The van der Waals surface area contributed by atoms with Crippen molar-refractivity contribution in [1.82, 2.24) is 4.98 Å². The number of rotatable bonds is 4. The molecule has 18 heavy (non-hydrogen) atoms. The second kappa shape index (κ2) is 5.87. The van der Waals surface area contributed by atoms with Gasteiger partial charge in [0.2, 0.25) is 0 Å². The summed E-state index contributed by atoms with van der Waals surface area (Å²) in [6.45, 7) is 0.744. The van der Waals surface area contributed by atoms with Crippen LogP contribution in [0.3, 0.4) is 0 Å². The van der Waals surface area contributed by atoms with Crippen molar-refractivity contribution in [1.29, 1.82) is 0 Å². The van der Waals surface area contributed by atoms with Crippen LogP contribution < -0.4 is 9.64 Å². The maximum absolute atomic E-state index is 5.35. The van der Waals surface area contributed by atoms with E-state index in [1.165, 1.54) is 0 Å². The summed E-state index contributed by atoms with van der Waals surface area (Å²) < 4.78 is 6.35. The minimum Gasteiger partial charge on any atom is -0.495 e. The maximum Gasteiger partial charge on any atom is 0.142 e. The minimum absolute atomic E-state index is 0.744. The molecule has 0 bridgehead atoms. The molecular formula is C14H15BrN2O. The number of benzene rings is 1. The van der Waals surface area contributed by atoms with Crippen LogP contribution in [0.1, 0.15) is 5.69 Å². The van der Waals surface area contributed by atoms with E-state index < -0.39 is 0 Å². The number of ether oxygens (including phenoxy) is 1. The lowest BCUT2D eigenvalue weighted by molar-refractivity contribution is 0.414. The van der Waals surface area contributed by atoms with Crippen LogP contribution >= 0.6 is 15.9 Å². The molecule has 0 aliphatic heterocycles. The lowest BCUT2D eigenvalue weighted by Crippen LogP contribution is -2.17. The van der Waals surface area contributed by atoms with Gasteiger partial charge in [-0.2, -0.15) is 0 Å². The number of halogens is 1. The van der Waals surface area contributed by atoms with Gasteiger partial charge in [0.1, 0.15) is 5.75 Å². The van der Waals surface area contributed by atoms with Gasteiger partial charge in [-0.25, -0.2) is 0 Å². The lowest BCUT2D eigenvalue weighted by atomic mass is 10.2. The van der Waals surface area contributed by atoms with Gasteiger partial charge in [0, 0.05) is 17.7 Å². The topological polar surface area (TPSA) is 25.4 Å². The van der Waals surface area contributed by atoms with Crippen molar-refractivity contribution in [2.75, 3.05) is 19.1 Å². The highest BCUT2D eigenvalue weighted by Crippen LogP contribution is 2.27. The molecule has 0 saturated carbocycles. The number of hydrogen-bond donors (Lipinski definition) is 0. The van der Waals surface area contributed by atoms with E-state index >= 15 is 0 Å². The number of hydrogen-bond acceptors (Lipinski definition) is 3. The molecule has 1 heterocycles. The highest BCUT2D eigenvalue weighted by atomic mass is 79.9. The van der Waals surface area contributed by atoms with Crippen LogP contribution in [0, 0.1) is 0 Å². The van der Waals surface area contributed by atoms with Crippen molar-refractivity contribution in [2.24, 2.45) is 0 Å². The van der Waals surface area contributed by atoms with Crippen LogP contribution in [0.2, 0.25) is 0 Å². The van der Waals surface area contributed by atoms with Crippen LogP contribution in [-0.4, -0.2) is 19.1 Å². The lowest BCUT2D eigenvalue weighted by Gasteiger charge is -2.21. The quantitative estimate of drug-likeness (QED) is 0.864. The van der Waals surface area contributed by atoms with Gasteiger partial charge in [0.25, 0.3) is 0 Å². The molecule has 0 aliphatic rings. The highest BCUT2D eigenvalue weighted by Gasteiger charge is 2.08. The molecule has 0 amide bonds. The Morgan fingerprint density at radius 2 is 2.00 bits per heavy atom. The Balaban J connectivity index is 2.16. The first-order valence-electron chi connectivity index (χ1n) is 5.65. The fourth-order valence-electron chi connectivity index (χ4n) is 1.77. The predicted molar refractivity (Wildman–Crippen MR) is 77.0 cm³/mol. The Hall–Kier alpha value is -1.55. The third-order valence-electron chi connectivity index (χ3n) is 2.68. The second-order valence-corrected chi connectivity index (χ2v) is 4.91. The van der Waals surface area contributed by atoms with E-state index in [1.807, 2.05) is 49.6 Å². The van der Waals surface area contributed by atoms with Gasteiger partial charge >= 0.3 is 0 Å². The Kier molecular flexibility index (Phi) is 4.20. The maximum atomic E-state index is 5.35. The van der Waals surface area contributed by atoms with Gasteiger partial charge in [-0.05, 0) is 40.2 Å². The number of aromatic nitrogens is 1. The molecular weight excluding hydrogens is 292 g/mol. The standard InChI is InChI=1S/C14H15BrN2O/c1-17(10-12-8-7-11(15)9-16-12)13-5-3-4-6-14(13)18-2/h3-9H,10H2,1-2H3. The number of anilines is 1. The third kappa shape index (κ3) is 3.01. The summed E-state index contributed by atoms with van der Waals surface area (Å²) in [5.41, 5.74) is 2.08. The van der Waals surface area contributed by atoms with Crippen LogP contribution in [0.15, 0.2) is 47.1 Å². The fourth-order valence-corrected chi connectivity index (χ4v) is 2.01. The summed E-state index contributed by atoms with van der Waals surface area (Å²) >= 11 is 3.38. The Labute approximate surface area is 116 Å². The Morgan fingerprint density at radius 1 is 1.22 bits per heavy atom. The van der Waals surface area contributed by atoms with E-state index in [9.17, 15) is 0 Å². The average Bonchev–Trinajstić information content (AvgIpc) is 2.41. The summed E-state index contributed by atoms with van der Waals surface area (Å²) in [4.78, 5) is 6.49. The third-order valence-corrected chi connectivity index (χ3v) is 3.15. The van der Waals surface area contributed by atoms with E-state index in [-0.39, 0.29) is 0 Å². The number of pyridine rings is 1. The van der Waals surface area contributed by atoms with E-state index in [4.69, 9.17) is 4.74 Å². The smallest absolute Gasteiger partial charge is 0.142 e. The summed E-state index contributed by atoms with van der Waals surface area (Å²) in [6.07, 6.45) is 1.81. The molecule has 2 aromatic rings. The van der Waals surface area contributed by atoms with Gasteiger partial charge in [-0.1, -0.05) is 12.1 Å². The van der Waals surface area contributed by atoms with Crippen molar-refractivity contribution in [2.45, 2.75) is 6.54 Å². The van der Waals surface area contributed by atoms with Crippen molar-refractivity contribution in [3.05, 3.63) is 52.8 Å². The monoisotopic (exact) mass is 306 g/mol. The zero-order valence-corrected chi connectivity index (χ0v) is 12.0. The Morgan fingerprint density at radius 3 is 2.67 bits per heavy atom. The molecule has 0 N–H and O–H groups in total. The molecule has 0 unspecified atom stereocenters. The first-order valence-corrected chi connectivity index (χ1v) is 6.44. The van der Waals surface area contributed by atoms with Gasteiger partial charge in [0.15, 0.2) is 0 Å². The van der Waals surface area contributed by atoms with Gasteiger partial charge in [-0.3, -0.25) is 4.98 Å². The summed E-state index contributed by atoms with van der Waals surface area (Å²) in [5.74, 6) is 0.872. The molecule has 1 aromatic carbocycles. The molecule has 0 spiro atoms. The summed E-state index contributed by atoms with van der Waals surface area (Å²) in [6, 6.07) is 12.0. The SMILES string of the molecule is COc1ccccc1N(C)Cc1ccc(Br)cn1. The normalized spacial score (nSPS) is 10.2. The molecule has 1 aromatic heterocycles. The van der Waals surface area contributed by atoms with Crippen molar-refractivity contribution >= 4 is 21.6 Å². The molecule has 0 saturated heterocycles. The van der Waals surface area contributed by atoms with E-state index in [0.717, 1.165) is 28.1 Å². The molecule has 3 nitrogen and oxygen atoms in total. The van der Waals surface area contributed by atoms with E-state index in [0.29, 0.717) is 0 Å². The van der Waals surface area contributed by atoms with Crippen LogP contribution in [-0.2, 0) is 6.54 Å².